The minimum absolute atomic E-state index is 0.117. The summed E-state index contributed by atoms with van der Waals surface area (Å²) < 4.78 is 0. The predicted molar refractivity (Wildman–Crippen MR) is 58.3 cm³/mol. The lowest BCUT2D eigenvalue weighted by atomic mass is 10.0. The van der Waals surface area contributed by atoms with E-state index in [1.54, 1.807) is 0 Å². The number of rotatable bonds is 2. The first kappa shape index (κ1) is 11.3. The molecule has 1 aliphatic rings. The van der Waals surface area contributed by atoms with Gasteiger partial charge in [-0.2, -0.15) is 0 Å². The monoisotopic (exact) mass is 198 g/mol. The standard InChI is InChI=1S/C11H22N2O/c1-4-10-7-5-6-8-13(10)11(14)12-9(2)3/h9-10H,4-8H2,1-3H3,(H,12,14)/t10-/m0/s1. The van der Waals surface area contributed by atoms with Crippen LogP contribution in [0.1, 0.15) is 46.5 Å². The van der Waals surface area contributed by atoms with Crippen LogP contribution in [0.3, 0.4) is 0 Å². The van der Waals surface area contributed by atoms with Gasteiger partial charge in [-0.25, -0.2) is 4.79 Å². The molecule has 1 heterocycles. The van der Waals surface area contributed by atoms with Gasteiger partial charge in [0, 0.05) is 18.6 Å². The number of carbonyl (C=O) groups is 1. The molecule has 1 rings (SSSR count). The Balaban J connectivity index is 2.50. The molecule has 0 aromatic heterocycles. The molecule has 0 aromatic carbocycles. The van der Waals surface area contributed by atoms with Crippen molar-refractivity contribution >= 4 is 6.03 Å². The SMILES string of the molecule is CC[C@H]1CCCCN1C(=O)NC(C)C. The molecule has 2 amide bonds. The topological polar surface area (TPSA) is 32.3 Å². The van der Waals surface area contributed by atoms with Gasteiger partial charge in [0.15, 0.2) is 0 Å². The summed E-state index contributed by atoms with van der Waals surface area (Å²) in [5, 5.41) is 2.96. The van der Waals surface area contributed by atoms with Crippen LogP contribution in [0.2, 0.25) is 0 Å². The van der Waals surface area contributed by atoms with Crippen molar-refractivity contribution < 1.29 is 4.79 Å². The van der Waals surface area contributed by atoms with Crippen molar-refractivity contribution in [1.82, 2.24) is 10.2 Å². The highest BCUT2D eigenvalue weighted by Gasteiger charge is 2.25. The number of piperidine rings is 1. The van der Waals surface area contributed by atoms with E-state index < -0.39 is 0 Å². The Kier molecular flexibility index (Phi) is 4.23. The molecule has 3 heteroatoms. The van der Waals surface area contributed by atoms with Gasteiger partial charge in [0.05, 0.1) is 0 Å². The molecule has 3 nitrogen and oxygen atoms in total. The van der Waals surface area contributed by atoms with E-state index in [1.807, 2.05) is 18.7 Å². The second-order valence-electron chi connectivity index (χ2n) is 4.36. The summed E-state index contributed by atoms with van der Waals surface area (Å²) >= 11 is 0. The summed E-state index contributed by atoms with van der Waals surface area (Å²) in [6, 6.07) is 0.816. The van der Waals surface area contributed by atoms with Crippen molar-refractivity contribution in [3.63, 3.8) is 0 Å². The summed E-state index contributed by atoms with van der Waals surface area (Å²) in [6.07, 6.45) is 4.67. The number of urea groups is 1. The number of likely N-dealkylation sites (tertiary alicyclic amines) is 1. The second kappa shape index (κ2) is 5.23. The third-order valence-electron chi connectivity index (χ3n) is 2.77. The maximum atomic E-state index is 11.8. The Morgan fingerprint density at radius 1 is 1.50 bits per heavy atom. The summed E-state index contributed by atoms with van der Waals surface area (Å²) in [5.41, 5.74) is 0. The minimum Gasteiger partial charge on any atom is -0.336 e. The molecule has 82 valence electrons. The third kappa shape index (κ3) is 2.89. The molecule has 0 saturated carbocycles. The highest BCUT2D eigenvalue weighted by molar-refractivity contribution is 5.74. The lowest BCUT2D eigenvalue weighted by Gasteiger charge is -2.35. The molecule has 0 spiro atoms. The fourth-order valence-electron chi connectivity index (χ4n) is 2.02. The van der Waals surface area contributed by atoms with Crippen molar-refractivity contribution in [3.8, 4) is 0 Å². The minimum atomic E-state index is 0.117. The van der Waals surface area contributed by atoms with Crippen molar-refractivity contribution in [2.24, 2.45) is 0 Å². The van der Waals surface area contributed by atoms with E-state index in [1.165, 1.54) is 12.8 Å². The molecule has 0 aromatic rings. The first-order valence-electron chi connectivity index (χ1n) is 5.72. The van der Waals surface area contributed by atoms with Crippen LogP contribution in [0.25, 0.3) is 0 Å². The van der Waals surface area contributed by atoms with Gasteiger partial charge in [-0.05, 0) is 39.5 Å². The smallest absolute Gasteiger partial charge is 0.317 e. The molecular weight excluding hydrogens is 176 g/mol. The van der Waals surface area contributed by atoms with Crippen molar-refractivity contribution in [2.75, 3.05) is 6.54 Å². The highest BCUT2D eigenvalue weighted by atomic mass is 16.2. The van der Waals surface area contributed by atoms with Crippen LogP contribution >= 0.6 is 0 Å². The molecule has 0 unspecified atom stereocenters. The normalized spacial score (nSPS) is 22.6. The second-order valence-corrected chi connectivity index (χ2v) is 4.36. The first-order chi connectivity index (χ1) is 6.65. The lowest BCUT2D eigenvalue weighted by molar-refractivity contribution is 0.147. The molecule has 0 aliphatic carbocycles. The van der Waals surface area contributed by atoms with Crippen LogP contribution in [0.5, 0.6) is 0 Å². The van der Waals surface area contributed by atoms with E-state index in [0.717, 1.165) is 19.4 Å². The van der Waals surface area contributed by atoms with E-state index in [9.17, 15) is 4.79 Å². The van der Waals surface area contributed by atoms with Crippen molar-refractivity contribution in [1.29, 1.82) is 0 Å². The molecule has 0 bridgehead atoms. The molecule has 1 atom stereocenters. The van der Waals surface area contributed by atoms with Crippen molar-refractivity contribution in [3.05, 3.63) is 0 Å². The molecule has 1 fully saturated rings. The number of nitrogens with one attached hydrogen (secondary N) is 1. The zero-order valence-electron chi connectivity index (χ0n) is 9.55. The summed E-state index contributed by atoms with van der Waals surface area (Å²) in [7, 11) is 0. The Morgan fingerprint density at radius 2 is 2.21 bits per heavy atom. The summed E-state index contributed by atoms with van der Waals surface area (Å²) in [5.74, 6) is 0. The fourth-order valence-corrected chi connectivity index (χ4v) is 2.02. The fraction of sp³-hybridized carbons (Fsp3) is 0.909. The van der Waals surface area contributed by atoms with Crippen LogP contribution in [0.15, 0.2) is 0 Å². The Bertz CT molecular complexity index is 192. The molecule has 1 aliphatic heterocycles. The average Bonchev–Trinajstić information content (AvgIpc) is 2.16. The quantitative estimate of drug-likeness (QED) is 0.726. The maximum absolute atomic E-state index is 11.8. The van der Waals surface area contributed by atoms with E-state index in [-0.39, 0.29) is 12.1 Å². The summed E-state index contributed by atoms with van der Waals surface area (Å²) in [6.45, 7) is 7.09. The number of amides is 2. The molecular formula is C11H22N2O. The Morgan fingerprint density at radius 3 is 2.79 bits per heavy atom. The van der Waals surface area contributed by atoms with E-state index in [2.05, 4.69) is 12.2 Å². The van der Waals surface area contributed by atoms with Gasteiger partial charge >= 0.3 is 6.03 Å². The average molecular weight is 198 g/mol. The van der Waals surface area contributed by atoms with Crippen LogP contribution in [-0.4, -0.2) is 29.6 Å². The zero-order chi connectivity index (χ0) is 10.6. The molecule has 1 saturated heterocycles. The Labute approximate surface area is 86.9 Å². The highest BCUT2D eigenvalue weighted by Crippen LogP contribution is 2.19. The Hall–Kier alpha value is -0.730. The van der Waals surface area contributed by atoms with Gasteiger partial charge in [0.1, 0.15) is 0 Å². The van der Waals surface area contributed by atoms with Gasteiger partial charge in [0.2, 0.25) is 0 Å². The predicted octanol–water partition coefficient (Wildman–Crippen LogP) is 2.37. The van der Waals surface area contributed by atoms with E-state index in [4.69, 9.17) is 0 Å². The largest absolute Gasteiger partial charge is 0.336 e. The lowest BCUT2D eigenvalue weighted by Crippen LogP contribution is -2.50. The maximum Gasteiger partial charge on any atom is 0.317 e. The third-order valence-corrected chi connectivity index (χ3v) is 2.77. The van der Waals surface area contributed by atoms with Crippen molar-refractivity contribution in [2.45, 2.75) is 58.5 Å². The molecule has 1 N–H and O–H groups in total. The van der Waals surface area contributed by atoms with Crippen LogP contribution in [0, 0.1) is 0 Å². The van der Waals surface area contributed by atoms with Gasteiger partial charge in [0.25, 0.3) is 0 Å². The van der Waals surface area contributed by atoms with E-state index >= 15 is 0 Å². The summed E-state index contributed by atoms with van der Waals surface area (Å²) in [4.78, 5) is 13.8. The number of hydrogen-bond donors (Lipinski definition) is 1. The molecule has 14 heavy (non-hydrogen) atoms. The van der Waals surface area contributed by atoms with Gasteiger partial charge in [-0.15, -0.1) is 0 Å². The van der Waals surface area contributed by atoms with Crippen LogP contribution in [0.4, 0.5) is 4.79 Å². The zero-order valence-corrected chi connectivity index (χ0v) is 9.55. The number of hydrogen-bond acceptors (Lipinski definition) is 1. The van der Waals surface area contributed by atoms with Gasteiger partial charge in [-0.1, -0.05) is 6.92 Å². The van der Waals surface area contributed by atoms with Gasteiger partial charge < -0.3 is 10.2 Å². The van der Waals surface area contributed by atoms with Gasteiger partial charge in [-0.3, -0.25) is 0 Å². The first-order valence-corrected chi connectivity index (χ1v) is 5.72. The van der Waals surface area contributed by atoms with Crippen LogP contribution < -0.4 is 5.32 Å². The van der Waals surface area contributed by atoms with Crippen LogP contribution in [-0.2, 0) is 0 Å². The van der Waals surface area contributed by atoms with E-state index in [0.29, 0.717) is 6.04 Å². The number of nitrogens with zero attached hydrogens (tertiary/aromatic N) is 1. The number of carbonyl (C=O) groups excluding carboxylic acids is 1. The molecule has 0 radical (unpaired) electrons.